The van der Waals surface area contributed by atoms with Gasteiger partial charge in [0, 0.05) is 9.75 Å². The molecular formula is C29H20N2O4S2. The lowest BCUT2D eigenvalue weighted by atomic mass is 10.1. The van der Waals surface area contributed by atoms with Crippen LogP contribution in [0.2, 0.25) is 0 Å². The number of hydrogen-bond acceptors (Lipinski definition) is 7. The Hall–Kier alpha value is -4.27. The van der Waals surface area contributed by atoms with Gasteiger partial charge in [0.1, 0.15) is 17.2 Å². The van der Waals surface area contributed by atoms with E-state index in [4.69, 9.17) is 9.47 Å². The zero-order valence-corrected chi connectivity index (χ0v) is 21.3. The topological polar surface area (TPSA) is 68.7 Å². The van der Waals surface area contributed by atoms with Crippen LogP contribution in [0.5, 0.6) is 22.4 Å². The van der Waals surface area contributed by atoms with Gasteiger partial charge in [0.05, 0.1) is 28.2 Å². The van der Waals surface area contributed by atoms with Crippen molar-refractivity contribution in [3.8, 4) is 32.2 Å². The number of fused-ring (bicyclic) bond motifs is 1. The number of thiazole rings is 1. The molecule has 37 heavy (non-hydrogen) atoms. The van der Waals surface area contributed by atoms with E-state index < -0.39 is 0 Å². The zero-order valence-electron chi connectivity index (χ0n) is 19.7. The largest absolute Gasteiger partial charge is 0.457 e. The van der Waals surface area contributed by atoms with Crippen molar-refractivity contribution in [3.63, 3.8) is 0 Å². The average molecular weight is 525 g/mol. The molecule has 182 valence electrons. The fraction of sp³-hybridized carbons (Fsp3) is 0.0690. The SMILES string of the molecule is CC(c1ccc(-c2cnc(Oc3ccc(Oc4ccccc4)cc3)s2)s1)N1C(=O)c2ccccc2C1=O. The molecule has 0 saturated heterocycles. The molecule has 5 aromatic rings. The highest BCUT2D eigenvalue weighted by Gasteiger charge is 2.39. The van der Waals surface area contributed by atoms with Crippen LogP contribution in [0.4, 0.5) is 0 Å². The van der Waals surface area contributed by atoms with Crippen molar-refractivity contribution in [2.24, 2.45) is 0 Å². The molecule has 0 N–H and O–H groups in total. The lowest BCUT2D eigenvalue weighted by Crippen LogP contribution is -2.32. The smallest absolute Gasteiger partial charge is 0.279 e. The predicted octanol–water partition coefficient (Wildman–Crippen LogP) is 7.81. The molecule has 0 spiro atoms. The minimum atomic E-state index is -0.369. The quantitative estimate of drug-likeness (QED) is 0.203. The summed E-state index contributed by atoms with van der Waals surface area (Å²) in [5.41, 5.74) is 0.917. The fourth-order valence-corrected chi connectivity index (χ4v) is 6.03. The van der Waals surface area contributed by atoms with E-state index in [1.54, 1.807) is 30.5 Å². The number of amides is 2. The van der Waals surface area contributed by atoms with Gasteiger partial charge in [-0.15, -0.1) is 11.3 Å². The Morgan fingerprint density at radius 2 is 1.27 bits per heavy atom. The van der Waals surface area contributed by atoms with Crippen molar-refractivity contribution in [2.45, 2.75) is 13.0 Å². The first-order valence-corrected chi connectivity index (χ1v) is 13.2. The molecule has 0 radical (unpaired) electrons. The second-order valence-electron chi connectivity index (χ2n) is 8.38. The van der Waals surface area contributed by atoms with Crippen LogP contribution < -0.4 is 9.47 Å². The summed E-state index contributed by atoms with van der Waals surface area (Å²) in [6.45, 7) is 1.88. The Labute approximate surface area is 221 Å². The molecule has 6 nitrogen and oxygen atoms in total. The standard InChI is InChI=1S/C29H20N2O4S2/c1-18(31-27(32)22-9-5-6-10-23(22)28(31)33)24-15-16-25(36-24)26-17-30-29(37-26)35-21-13-11-20(12-14-21)34-19-7-3-2-4-8-19/h2-18H,1H3. The number of thiophene rings is 1. The Balaban J connectivity index is 1.13. The van der Waals surface area contributed by atoms with Crippen LogP contribution in [0, 0.1) is 0 Å². The molecular weight excluding hydrogens is 504 g/mol. The molecule has 1 unspecified atom stereocenters. The summed E-state index contributed by atoms with van der Waals surface area (Å²) in [5.74, 6) is 1.64. The number of rotatable bonds is 7. The molecule has 3 aromatic carbocycles. The van der Waals surface area contributed by atoms with Crippen molar-refractivity contribution in [1.82, 2.24) is 9.88 Å². The Bertz CT molecular complexity index is 1560. The first-order valence-electron chi connectivity index (χ1n) is 11.6. The number of ether oxygens (including phenoxy) is 2. The van der Waals surface area contributed by atoms with Crippen LogP contribution >= 0.6 is 22.7 Å². The lowest BCUT2D eigenvalue weighted by Gasteiger charge is -2.21. The van der Waals surface area contributed by atoms with Gasteiger partial charge in [-0.05, 0) is 67.6 Å². The zero-order chi connectivity index (χ0) is 25.4. The molecule has 6 rings (SSSR count). The summed E-state index contributed by atoms with van der Waals surface area (Å²) in [7, 11) is 0. The third-order valence-electron chi connectivity index (χ3n) is 5.99. The van der Waals surface area contributed by atoms with Crippen molar-refractivity contribution in [2.75, 3.05) is 0 Å². The average Bonchev–Trinajstić information content (AvgIpc) is 3.65. The Morgan fingerprint density at radius 1 is 0.676 bits per heavy atom. The first kappa shape index (κ1) is 23.1. The van der Waals surface area contributed by atoms with Gasteiger partial charge in [0.25, 0.3) is 17.0 Å². The molecule has 0 fully saturated rings. The maximum Gasteiger partial charge on any atom is 0.279 e. The summed E-state index contributed by atoms with van der Waals surface area (Å²) in [6, 6.07) is 27.5. The highest BCUT2D eigenvalue weighted by Crippen LogP contribution is 2.40. The van der Waals surface area contributed by atoms with Crippen molar-refractivity contribution in [3.05, 3.63) is 113 Å². The summed E-state index contributed by atoms with van der Waals surface area (Å²) < 4.78 is 11.8. The monoisotopic (exact) mass is 524 g/mol. The van der Waals surface area contributed by atoms with Crippen LogP contribution in [0.1, 0.15) is 38.6 Å². The Kier molecular flexibility index (Phi) is 6.04. The van der Waals surface area contributed by atoms with E-state index in [9.17, 15) is 9.59 Å². The van der Waals surface area contributed by atoms with Gasteiger partial charge in [-0.1, -0.05) is 41.7 Å². The van der Waals surface area contributed by atoms with Crippen LogP contribution in [0.25, 0.3) is 9.75 Å². The van der Waals surface area contributed by atoms with E-state index in [-0.39, 0.29) is 17.9 Å². The molecule has 1 aliphatic heterocycles. The second kappa shape index (κ2) is 9.65. The molecule has 1 aliphatic rings. The van der Waals surface area contributed by atoms with E-state index in [1.807, 2.05) is 73.7 Å². The number of carbonyl (C=O) groups excluding carboxylic acids is 2. The summed E-state index contributed by atoms with van der Waals surface area (Å²) in [5, 5.41) is 0.523. The van der Waals surface area contributed by atoms with Crippen LogP contribution in [0.3, 0.4) is 0 Å². The van der Waals surface area contributed by atoms with Gasteiger partial charge in [-0.3, -0.25) is 14.5 Å². The number of imide groups is 1. The highest BCUT2D eigenvalue weighted by atomic mass is 32.1. The fourth-order valence-electron chi connectivity index (χ4n) is 4.12. The number of aromatic nitrogens is 1. The number of para-hydroxylation sites is 1. The third kappa shape index (κ3) is 4.52. The normalized spacial score (nSPS) is 13.5. The summed E-state index contributed by atoms with van der Waals surface area (Å²) >= 11 is 2.97. The molecule has 2 aromatic heterocycles. The first-order chi connectivity index (χ1) is 18.1. The van der Waals surface area contributed by atoms with Gasteiger partial charge in [-0.25, -0.2) is 4.98 Å². The van der Waals surface area contributed by atoms with Crippen molar-refractivity contribution in [1.29, 1.82) is 0 Å². The van der Waals surface area contributed by atoms with Crippen molar-refractivity contribution >= 4 is 34.5 Å². The maximum absolute atomic E-state index is 12.9. The number of nitrogens with zero attached hydrogens (tertiary/aromatic N) is 2. The van der Waals surface area contributed by atoms with E-state index in [2.05, 4.69) is 4.98 Å². The van der Waals surface area contributed by atoms with Crippen LogP contribution in [-0.4, -0.2) is 21.7 Å². The molecule has 0 bridgehead atoms. The van der Waals surface area contributed by atoms with Crippen LogP contribution in [0.15, 0.2) is 97.2 Å². The van der Waals surface area contributed by atoms with Gasteiger partial charge in [-0.2, -0.15) is 0 Å². The minimum absolute atomic E-state index is 0.253. The van der Waals surface area contributed by atoms with E-state index in [0.29, 0.717) is 22.1 Å². The molecule has 3 heterocycles. The van der Waals surface area contributed by atoms with Gasteiger partial charge >= 0.3 is 0 Å². The van der Waals surface area contributed by atoms with E-state index >= 15 is 0 Å². The lowest BCUT2D eigenvalue weighted by molar-refractivity contribution is 0.0597. The molecule has 2 amide bonds. The van der Waals surface area contributed by atoms with Gasteiger partial charge in [0.2, 0.25) is 0 Å². The van der Waals surface area contributed by atoms with E-state index in [1.165, 1.54) is 27.6 Å². The van der Waals surface area contributed by atoms with Crippen LogP contribution in [-0.2, 0) is 0 Å². The van der Waals surface area contributed by atoms with Crippen molar-refractivity contribution < 1.29 is 19.1 Å². The number of carbonyl (C=O) groups is 2. The number of hydrogen-bond donors (Lipinski definition) is 0. The summed E-state index contributed by atoms with van der Waals surface area (Å²) in [6.07, 6.45) is 1.77. The second-order valence-corrected chi connectivity index (χ2v) is 10.5. The maximum atomic E-state index is 12.9. The molecule has 1 atom stereocenters. The Morgan fingerprint density at radius 3 is 1.95 bits per heavy atom. The number of benzene rings is 3. The molecule has 0 aliphatic carbocycles. The van der Waals surface area contributed by atoms with E-state index in [0.717, 1.165) is 26.1 Å². The predicted molar refractivity (Wildman–Crippen MR) is 144 cm³/mol. The molecule has 0 saturated carbocycles. The van der Waals surface area contributed by atoms with Gasteiger partial charge in [0.15, 0.2) is 0 Å². The summed E-state index contributed by atoms with van der Waals surface area (Å²) in [4.78, 5) is 34.4. The third-order valence-corrected chi connectivity index (χ3v) is 8.31. The highest BCUT2D eigenvalue weighted by molar-refractivity contribution is 7.22. The minimum Gasteiger partial charge on any atom is -0.457 e. The molecule has 8 heteroatoms. The van der Waals surface area contributed by atoms with Gasteiger partial charge < -0.3 is 9.47 Å².